The van der Waals surface area contributed by atoms with Gasteiger partial charge in [0.25, 0.3) is 0 Å². The van der Waals surface area contributed by atoms with Crippen molar-refractivity contribution in [2.45, 2.75) is 39.3 Å². The van der Waals surface area contributed by atoms with Crippen LogP contribution in [0.2, 0.25) is 10.0 Å². The van der Waals surface area contributed by atoms with Crippen molar-refractivity contribution in [2.24, 2.45) is 0 Å². The van der Waals surface area contributed by atoms with Gasteiger partial charge in [-0.2, -0.15) is 0 Å². The Morgan fingerprint density at radius 3 is 2.34 bits per heavy atom. The third kappa shape index (κ3) is 5.37. The van der Waals surface area contributed by atoms with Crippen LogP contribution in [-0.4, -0.2) is 47.2 Å². The van der Waals surface area contributed by atoms with Gasteiger partial charge in [-0.25, -0.2) is 9.97 Å². The second kappa shape index (κ2) is 10.6. The highest BCUT2D eigenvalue weighted by Crippen LogP contribution is 2.36. The Bertz CT molecular complexity index is 1040. The summed E-state index contributed by atoms with van der Waals surface area (Å²) in [5.41, 5.74) is 2.00. The lowest BCUT2D eigenvalue weighted by Gasteiger charge is -2.33. The van der Waals surface area contributed by atoms with Crippen LogP contribution >= 0.6 is 23.2 Å². The number of anilines is 1. The molecule has 1 fully saturated rings. The number of nitrogens with one attached hydrogen (secondary N) is 1. The molecule has 6 nitrogen and oxygen atoms in total. The number of aromatic nitrogens is 2. The standard InChI is InChI=1S/C24H28Cl2N4O2/c1-3-31-21-11-16(12-22(23(21)26)32-4-2)14-30-9-7-18(8-10-30)29-24-19-6-5-17(25)13-20(19)27-15-28-24/h5-6,11-13,15,18H,3-4,7-10,14H2,1-2H3,(H,27,28,29). The van der Waals surface area contributed by atoms with Gasteiger partial charge in [0, 0.05) is 36.1 Å². The van der Waals surface area contributed by atoms with Crippen molar-refractivity contribution in [3.8, 4) is 11.5 Å². The number of halogens is 2. The molecule has 170 valence electrons. The molecule has 0 atom stereocenters. The Balaban J connectivity index is 1.39. The molecule has 0 bridgehead atoms. The summed E-state index contributed by atoms with van der Waals surface area (Å²) < 4.78 is 11.4. The lowest BCUT2D eigenvalue weighted by Crippen LogP contribution is -2.38. The first-order chi connectivity index (χ1) is 15.6. The predicted octanol–water partition coefficient (Wildman–Crippen LogP) is 5.81. The van der Waals surface area contributed by atoms with E-state index in [4.69, 9.17) is 32.7 Å². The molecule has 1 N–H and O–H groups in total. The van der Waals surface area contributed by atoms with E-state index in [0.717, 1.165) is 54.8 Å². The molecule has 0 amide bonds. The summed E-state index contributed by atoms with van der Waals surface area (Å²) in [6, 6.07) is 10.1. The molecule has 3 aromatic rings. The lowest BCUT2D eigenvalue weighted by molar-refractivity contribution is 0.210. The van der Waals surface area contributed by atoms with Gasteiger partial charge in [-0.1, -0.05) is 23.2 Å². The summed E-state index contributed by atoms with van der Waals surface area (Å²) >= 11 is 12.5. The number of hydrogen-bond donors (Lipinski definition) is 1. The zero-order valence-corrected chi connectivity index (χ0v) is 19.9. The van der Waals surface area contributed by atoms with E-state index >= 15 is 0 Å². The van der Waals surface area contributed by atoms with Crippen LogP contribution in [0.3, 0.4) is 0 Å². The molecule has 2 aromatic carbocycles. The molecule has 1 saturated heterocycles. The second-order valence-corrected chi connectivity index (χ2v) is 8.67. The number of rotatable bonds is 8. The average Bonchev–Trinajstić information content (AvgIpc) is 2.78. The van der Waals surface area contributed by atoms with Crippen LogP contribution in [0.15, 0.2) is 36.7 Å². The van der Waals surface area contributed by atoms with Crippen LogP contribution < -0.4 is 14.8 Å². The van der Waals surface area contributed by atoms with Crippen molar-refractivity contribution in [3.05, 3.63) is 52.3 Å². The summed E-state index contributed by atoms with van der Waals surface area (Å²) in [5.74, 6) is 2.23. The van der Waals surface area contributed by atoms with E-state index in [2.05, 4.69) is 20.2 Å². The Hall–Kier alpha value is -2.28. The minimum absolute atomic E-state index is 0.364. The van der Waals surface area contributed by atoms with Gasteiger partial charge in [-0.3, -0.25) is 4.90 Å². The molecular formula is C24H28Cl2N4O2. The van der Waals surface area contributed by atoms with Crippen LogP contribution in [0.4, 0.5) is 5.82 Å². The molecular weight excluding hydrogens is 447 g/mol. The zero-order valence-electron chi connectivity index (χ0n) is 18.4. The molecule has 0 radical (unpaired) electrons. The number of hydrogen-bond acceptors (Lipinski definition) is 6. The molecule has 1 aromatic heterocycles. The minimum Gasteiger partial charge on any atom is -0.492 e. The molecule has 0 saturated carbocycles. The number of likely N-dealkylation sites (tertiary alicyclic amines) is 1. The van der Waals surface area contributed by atoms with E-state index in [1.165, 1.54) is 0 Å². The van der Waals surface area contributed by atoms with Crippen LogP contribution in [0.25, 0.3) is 10.9 Å². The number of piperidine rings is 1. The van der Waals surface area contributed by atoms with Crippen molar-refractivity contribution < 1.29 is 9.47 Å². The smallest absolute Gasteiger partial charge is 0.141 e. The quantitative estimate of drug-likeness (QED) is 0.444. The fourth-order valence-corrected chi connectivity index (χ4v) is 4.46. The summed E-state index contributed by atoms with van der Waals surface area (Å²) in [7, 11) is 0. The maximum atomic E-state index is 6.44. The first-order valence-electron chi connectivity index (χ1n) is 11.0. The van der Waals surface area contributed by atoms with E-state index < -0.39 is 0 Å². The van der Waals surface area contributed by atoms with E-state index in [9.17, 15) is 0 Å². The van der Waals surface area contributed by atoms with E-state index in [-0.39, 0.29) is 0 Å². The topological polar surface area (TPSA) is 59.5 Å². The Kier molecular flexibility index (Phi) is 7.55. The summed E-state index contributed by atoms with van der Waals surface area (Å²) in [5, 5.41) is 5.82. The summed E-state index contributed by atoms with van der Waals surface area (Å²) in [6.45, 7) is 7.85. The molecule has 8 heteroatoms. The first kappa shape index (κ1) is 22.9. The molecule has 32 heavy (non-hydrogen) atoms. The van der Waals surface area contributed by atoms with Crippen molar-refractivity contribution in [1.82, 2.24) is 14.9 Å². The maximum Gasteiger partial charge on any atom is 0.141 e. The largest absolute Gasteiger partial charge is 0.492 e. The van der Waals surface area contributed by atoms with Crippen LogP contribution in [-0.2, 0) is 6.54 Å². The van der Waals surface area contributed by atoms with Gasteiger partial charge in [0.1, 0.15) is 28.7 Å². The Labute approximate surface area is 198 Å². The van der Waals surface area contributed by atoms with Gasteiger partial charge < -0.3 is 14.8 Å². The SMILES string of the molecule is CCOc1cc(CN2CCC(Nc3ncnc4cc(Cl)ccc34)CC2)cc(OCC)c1Cl. The Morgan fingerprint density at radius 1 is 1.00 bits per heavy atom. The lowest BCUT2D eigenvalue weighted by atomic mass is 10.0. The maximum absolute atomic E-state index is 6.44. The van der Waals surface area contributed by atoms with E-state index in [0.29, 0.717) is 40.8 Å². The minimum atomic E-state index is 0.364. The Morgan fingerprint density at radius 2 is 1.69 bits per heavy atom. The second-order valence-electron chi connectivity index (χ2n) is 7.85. The molecule has 0 aliphatic carbocycles. The van der Waals surface area contributed by atoms with Gasteiger partial charge in [0.05, 0.1) is 18.7 Å². The molecule has 0 spiro atoms. The highest BCUT2D eigenvalue weighted by Gasteiger charge is 2.21. The highest BCUT2D eigenvalue weighted by molar-refractivity contribution is 6.33. The molecule has 4 rings (SSSR count). The monoisotopic (exact) mass is 474 g/mol. The summed E-state index contributed by atoms with van der Waals surface area (Å²) in [6.07, 6.45) is 3.65. The number of nitrogens with zero attached hydrogens (tertiary/aromatic N) is 3. The fraction of sp³-hybridized carbons (Fsp3) is 0.417. The highest BCUT2D eigenvalue weighted by atomic mass is 35.5. The normalized spacial score (nSPS) is 15.1. The van der Waals surface area contributed by atoms with Crippen molar-refractivity contribution in [1.29, 1.82) is 0 Å². The summed E-state index contributed by atoms with van der Waals surface area (Å²) in [4.78, 5) is 11.2. The molecule has 2 heterocycles. The molecule has 1 aliphatic rings. The predicted molar refractivity (Wildman–Crippen MR) is 130 cm³/mol. The van der Waals surface area contributed by atoms with Crippen LogP contribution in [0, 0.1) is 0 Å². The molecule has 1 aliphatic heterocycles. The third-order valence-electron chi connectivity index (χ3n) is 5.60. The van der Waals surface area contributed by atoms with Gasteiger partial charge in [-0.15, -0.1) is 0 Å². The van der Waals surface area contributed by atoms with Gasteiger partial charge in [-0.05, 0) is 62.6 Å². The van der Waals surface area contributed by atoms with Gasteiger partial charge >= 0.3 is 0 Å². The molecule has 0 unspecified atom stereocenters. The van der Waals surface area contributed by atoms with Gasteiger partial charge in [0.2, 0.25) is 0 Å². The van der Waals surface area contributed by atoms with Crippen molar-refractivity contribution in [3.63, 3.8) is 0 Å². The van der Waals surface area contributed by atoms with Crippen LogP contribution in [0.1, 0.15) is 32.3 Å². The van der Waals surface area contributed by atoms with Crippen molar-refractivity contribution in [2.75, 3.05) is 31.6 Å². The number of benzene rings is 2. The average molecular weight is 475 g/mol. The number of ether oxygens (including phenoxy) is 2. The van der Waals surface area contributed by atoms with E-state index in [1.54, 1.807) is 6.33 Å². The van der Waals surface area contributed by atoms with Crippen molar-refractivity contribution >= 4 is 39.9 Å². The third-order valence-corrected chi connectivity index (χ3v) is 6.21. The number of fused-ring (bicyclic) bond motifs is 1. The fourth-order valence-electron chi connectivity index (χ4n) is 4.07. The zero-order chi connectivity index (χ0) is 22.5. The van der Waals surface area contributed by atoms with Crippen LogP contribution in [0.5, 0.6) is 11.5 Å². The van der Waals surface area contributed by atoms with Gasteiger partial charge in [0.15, 0.2) is 0 Å². The van der Waals surface area contributed by atoms with E-state index in [1.807, 2.05) is 44.2 Å². The first-order valence-corrected chi connectivity index (χ1v) is 11.8.